The van der Waals surface area contributed by atoms with Crippen molar-refractivity contribution in [2.75, 3.05) is 0 Å². The highest BCUT2D eigenvalue weighted by molar-refractivity contribution is 9.09. The van der Waals surface area contributed by atoms with Gasteiger partial charge in [0.2, 0.25) is 0 Å². The lowest BCUT2D eigenvalue weighted by Gasteiger charge is -2.09. The average molecular weight is 387 g/mol. The van der Waals surface area contributed by atoms with Crippen LogP contribution in [0.3, 0.4) is 0 Å². The topological polar surface area (TPSA) is 34.1 Å². The molecule has 0 radical (unpaired) electrons. The van der Waals surface area contributed by atoms with Crippen LogP contribution in [0.5, 0.6) is 0 Å². The molecule has 0 N–H and O–H groups in total. The van der Waals surface area contributed by atoms with Gasteiger partial charge in [0.25, 0.3) is 0 Å². The highest BCUT2D eigenvalue weighted by Crippen LogP contribution is 2.46. The number of allylic oxidation sites excluding steroid dienone is 2. The number of carbonyl (C=O) groups excluding carboxylic acids is 2. The fourth-order valence-corrected chi connectivity index (χ4v) is 6.09. The predicted octanol–water partition coefficient (Wildman–Crippen LogP) is 6.49. The van der Waals surface area contributed by atoms with E-state index in [2.05, 4.69) is 13.2 Å². The number of rotatable bonds is 8. The van der Waals surface area contributed by atoms with Crippen LogP contribution in [0.15, 0.2) is 71.5 Å². The second kappa shape index (κ2) is 9.13. The molecule has 0 aliphatic heterocycles. The van der Waals surface area contributed by atoms with Crippen LogP contribution in [0.4, 0.5) is 0 Å². The molecular weight excluding hydrogens is 368 g/mol. The summed E-state index contributed by atoms with van der Waals surface area (Å²) in [6.07, 6.45) is 2.66. The average Bonchev–Trinajstić information content (AvgIpc) is 2.62. The van der Waals surface area contributed by atoms with Crippen LogP contribution in [0.25, 0.3) is 0 Å². The van der Waals surface area contributed by atoms with E-state index >= 15 is 0 Å². The van der Waals surface area contributed by atoms with Crippen LogP contribution < -0.4 is 0 Å². The molecule has 0 bridgehead atoms. The molecule has 2 aromatic rings. The van der Waals surface area contributed by atoms with Gasteiger partial charge in [0.15, 0.2) is 11.6 Å². The third kappa shape index (κ3) is 5.14. The van der Waals surface area contributed by atoms with Crippen LogP contribution in [0.1, 0.15) is 31.8 Å². The first-order valence-corrected chi connectivity index (χ1v) is 11.0. The van der Waals surface area contributed by atoms with Crippen molar-refractivity contribution in [2.24, 2.45) is 0 Å². The Balaban J connectivity index is 2.17. The molecule has 0 heterocycles. The van der Waals surface area contributed by atoms with E-state index in [1.165, 1.54) is 43.6 Å². The fourth-order valence-electron chi connectivity index (χ4n) is 2.13. The van der Waals surface area contributed by atoms with Crippen molar-refractivity contribution in [3.63, 3.8) is 0 Å². The summed E-state index contributed by atoms with van der Waals surface area (Å²) in [5.41, 5.74) is 3.37. The first-order valence-electron chi connectivity index (χ1n) is 7.52. The molecule has 0 saturated heterocycles. The van der Waals surface area contributed by atoms with E-state index in [4.69, 9.17) is 0 Å². The van der Waals surface area contributed by atoms with Gasteiger partial charge in [-0.25, -0.2) is 0 Å². The number of aryl methyl sites for hydroxylation is 2. The van der Waals surface area contributed by atoms with Crippen molar-refractivity contribution in [1.82, 2.24) is 0 Å². The molecule has 0 atom stereocenters. The van der Waals surface area contributed by atoms with Crippen LogP contribution in [-0.4, -0.2) is 11.6 Å². The van der Waals surface area contributed by atoms with Gasteiger partial charge in [-0.1, -0.05) is 36.4 Å². The quantitative estimate of drug-likeness (QED) is 0.294. The van der Waals surface area contributed by atoms with Crippen LogP contribution in [-0.2, 0) is 0 Å². The van der Waals surface area contributed by atoms with Crippen molar-refractivity contribution >= 4 is 43.0 Å². The summed E-state index contributed by atoms with van der Waals surface area (Å²) in [6.45, 7) is 11.0. The van der Waals surface area contributed by atoms with Gasteiger partial charge in [-0.3, -0.25) is 9.59 Å². The maximum absolute atomic E-state index is 12.0. The highest BCUT2D eigenvalue weighted by Gasteiger charge is 2.13. The Morgan fingerprint density at radius 2 is 1.20 bits per heavy atom. The minimum Gasteiger partial charge on any atom is -0.289 e. The lowest BCUT2D eigenvalue weighted by atomic mass is 10.1. The van der Waals surface area contributed by atoms with Crippen molar-refractivity contribution in [1.29, 1.82) is 0 Å². The molecular formula is C20H18O2S3. The molecule has 0 saturated carbocycles. The Morgan fingerprint density at radius 3 is 1.56 bits per heavy atom. The first kappa shape index (κ1) is 19.6. The van der Waals surface area contributed by atoms with Gasteiger partial charge in [-0.05, 0) is 81.7 Å². The van der Waals surface area contributed by atoms with E-state index in [0.29, 0.717) is 11.1 Å². The Kier molecular flexibility index (Phi) is 7.17. The zero-order valence-electron chi connectivity index (χ0n) is 14.1. The molecule has 0 aliphatic carbocycles. The minimum absolute atomic E-state index is 0.0883. The zero-order chi connectivity index (χ0) is 18.4. The van der Waals surface area contributed by atoms with E-state index in [1.54, 1.807) is 0 Å². The van der Waals surface area contributed by atoms with Gasteiger partial charge < -0.3 is 0 Å². The number of hydrogen-bond acceptors (Lipinski definition) is 5. The van der Waals surface area contributed by atoms with Crippen LogP contribution >= 0.6 is 31.4 Å². The monoisotopic (exact) mass is 386 g/mol. The Labute approximate surface area is 160 Å². The second-order valence-electron chi connectivity index (χ2n) is 5.37. The maximum Gasteiger partial charge on any atom is 0.186 e. The van der Waals surface area contributed by atoms with E-state index in [9.17, 15) is 9.59 Å². The molecule has 2 rings (SSSR count). The minimum atomic E-state index is -0.0883. The van der Waals surface area contributed by atoms with Crippen molar-refractivity contribution in [3.05, 3.63) is 84.0 Å². The molecule has 25 heavy (non-hydrogen) atoms. The first-order chi connectivity index (χ1) is 12.0. The molecule has 0 fully saturated rings. The van der Waals surface area contributed by atoms with E-state index in [0.717, 1.165) is 20.9 Å². The standard InChI is InChI=1S/C20H18O2S3/c1-5-17(21)15-11-13(3)7-9-19(15)23-25-24-20-10-8-14(4)12-16(20)18(22)6-2/h5-12H,1-2H2,3-4H3. The normalized spacial score (nSPS) is 10.3. The Morgan fingerprint density at radius 1 is 0.800 bits per heavy atom. The fraction of sp³-hybridized carbons (Fsp3) is 0.100. The summed E-state index contributed by atoms with van der Waals surface area (Å²) >= 11 is 0. The van der Waals surface area contributed by atoms with Gasteiger partial charge in [0, 0.05) is 20.9 Å². The second-order valence-corrected chi connectivity index (χ2v) is 9.35. The van der Waals surface area contributed by atoms with Crippen molar-refractivity contribution in [3.8, 4) is 0 Å². The number of hydrogen-bond donors (Lipinski definition) is 0. The summed E-state index contributed by atoms with van der Waals surface area (Å²) in [7, 11) is 4.52. The van der Waals surface area contributed by atoms with Gasteiger partial charge in [-0.2, -0.15) is 0 Å². The third-order valence-electron chi connectivity index (χ3n) is 3.42. The van der Waals surface area contributed by atoms with Crippen molar-refractivity contribution in [2.45, 2.75) is 23.6 Å². The molecule has 2 nitrogen and oxygen atoms in total. The van der Waals surface area contributed by atoms with Gasteiger partial charge in [0.05, 0.1) is 0 Å². The molecule has 2 aromatic carbocycles. The third-order valence-corrected chi connectivity index (χ3v) is 7.34. The summed E-state index contributed by atoms with van der Waals surface area (Å²) in [6, 6.07) is 11.6. The summed E-state index contributed by atoms with van der Waals surface area (Å²) in [5, 5.41) is 0. The zero-order valence-corrected chi connectivity index (χ0v) is 16.5. The van der Waals surface area contributed by atoms with Crippen molar-refractivity contribution < 1.29 is 9.59 Å². The van der Waals surface area contributed by atoms with Crippen LogP contribution in [0, 0.1) is 13.8 Å². The number of carbonyl (C=O) groups is 2. The van der Waals surface area contributed by atoms with Crippen LogP contribution in [0.2, 0.25) is 0 Å². The molecule has 128 valence electrons. The highest BCUT2D eigenvalue weighted by atomic mass is 33.5. The molecule has 0 spiro atoms. The van der Waals surface area contributed by atoms with Gasteiger partial charge in [0.1, 0.15) is 0 Å². The van der Waals surface area contributed by atoms with Gasteiger partial charge in [-0.15, -0.1) is 0 Å². The number of ketones is 2. The summed E-state index contributed by atoms with van der Waals surface area (Å²) < 4.78 is 0. The largest absolute Gasteiger partial charge is 0.289 e. The van der Waals surface area contributed by atoms with E-state index in [-0.39, 0.29) is 11.6 Å². The van der Waals surface area contributed by atoms with E-state index in [1.807, 2.05) is 50.2 Å². The Hall–Kier alpha value is -1.69. The molecule has 5 heteroatoms. The molecule has 0 aliphatic rings. The SMILES string of the molecule is C=CC(=O)c1cc(C)ccc1SSSc1ccc(C)cc1C(=O)C=C. The molecule has 0 unspecified atom stereocenters. The molecule has 0 amide bonds. The maximum atomic E-state index is 12.0. The lowest BCUT2D eigenvalue weighted by Crippen LogP contribution is -1.97. The smallest absolute Gasteiger partial charge is 0.186 e. The molecule has 0 aromatic heterocycles. The lowest BCUT2D eigenvalue weighted by molar-refractivity contribution is 0.103. The Bertz CT molecular complexity index is 771. The predicted molar refractivity (Wildman–Crippen MR) is 111 cm³/mol. The van der Waals surface area contributed by atoms with E-state index < -0.39 is 0 Å². The summed E-state index contributed by atoms with van der Waals surface area (Å²) in [5.74, 6) is -0.177. The number of benzene rings is 2. The summed E-state index contributed by atoms with van der Waals surface area (Å²) in [4.78, 5) is 25.8. The van der Waals surface area contributed by atoms with Gasteiger partial charge >= 0.3 is 0 Å².